The molecule has 4 nitrogen and oxygen atoms in total. The summed E-state index contributed by atoms with van der Waals surface area (Å²) in [7, 11) is 7.56. The number of hydrogen-bond donors (Lipinski definition) is 0. The highest BCUT2D eigenvalue weighted by atomic mass is 35.5. The second-order valence-corrected chi connectivity index (χ2v) is 7.87. The lowest BCUT2D eigenvalue weighted by molar-refractivity contribution is 0.0950. The molecule has 3 aromatic rings. The molecule has 0 unspecified atom stereocenters. The van der Waals surface area contributed by atoms with Gasteiger partial charge in [0.2, 0.25) is 0 Å². The molecule has 0 amide bonds. The molecule has 1 heterocycles. The highest BCUT2D eigenvalue weighted by Gasteiger charge is 2.16. The molecular formula is C20H24Cl2N2O2S. The average Bonchev–Trinajstić information content (AvgIpc) is 2.91. The van der Waals surface area contributed by atoms with E-state index in [4.69, 9.17) is 0 Å². The number of benzene rings is 2. The fourth-order valence-electron chi connectivity index (χ4n) is 2.94. The second kappa shape index (κ2) is 9.62. The highest BCUT2D eigenvalue weighted by Crippen LogP contribution is 2.36. The molecule has 146 valence electrons. The lowest BCUT2D eigenvalue weighted by atomic mass is 10.0. The molecule has 2 aromatic carbocycles. The number of halogens is 2. The maximum Gasteiger partial charge on any atom is 0.178 e. The number of Topliss-reactive ketones (excluding diaryl/α,β-unsaturated/α-hetero) is 2. The topological polar surface area (TPSA) is 40.6 Å². The third-order valence-electron chi connectivity index (χ3n) is 4.04. The summed E-state index contributed by atoms with van der Waals surface area (Å²) in [5.41, 5.74) is 1.47. The lowest BCUT2D eigenvalue weighted by Crippen LogP contribution is -2.21. The van der Waals surface area contributed by atoms with Gasteiger partial charge in [-0.1, -0.05) is 12.1 Å². The Morgan fingerprint density at radius 1 is 0.852 bits per heavy atom. The molecule has 3 rings (SSSR count). The van der Waals surface area contributed by atoms with E-state index in [0.29, 0.717) is 18.7 Å². The average molecular weight is 427 g/mol. The number of carbonyl (C=O) groups excluding carboxylic acids is 2. The van der Waals surface area contributed by atoms with Crippen molar-refractivity contribution in [3.8, 4) is 0 Å². The van der Waals surface area contributed by atoms with Crippen LogP contribution in [0.25, 0.3) is 20.2 Å². The predicted molar refractivity (Wildman–Crippen MR) is 120 cm³/mol. The van der Waals surface area contributed by atoms with Crippen LogP contribution in [-0.2, 0) is 0 Å². The summed E-state index contributed by atoms with van der Waals surface area (Å²) < 4.78 is 2.10. The number of rotatable bonds is 6. The Kier molecular flexibility index (Phi) is 8.39. The Labute approximate surface area is 176 Å². The molecule has 0 saturated heterocycles. The molecule has 0 aliphatic heterocycles. The summed E-state index contributed by atoms with van der Waals surface area (Å²) in [6.07, 6.45) is 0. The normalized spacial score (nSPS) is 10.9. The van der Waals surface area contributed by atoms with Crippen LogP contribution < -0.4 is 0 Å². The quantitative estimate of drug-likeness (QED) is 0.548. The van der Waals surface area contributed by atoms with Crippen LogP contribution >= 0.6 is 36.2 Å². The van der Waals surface area contributed by atoms with Crippen LogP contribution in [0.5, 0.6) is 0 Å². The minimum Gasteiger partial charge on any atom is -0.302 e. The number of hydrogen-bond acceptors (Lipinski definition) is 5. The van der Waals surface area contributed by atoms with Crippen molar-refractivity contribution in [1.82, 2.24) is 9.80 Å². The van der Waals surface area contributed by atoms with Gasteiger partial charge in [-0.3, -0.25) is 9.59 Å². The molecule has 0 aliphatic carbocycles. The molecule has 0 atom stereocenters. The number of ketones is 2. The summed E-state index contributed by atoms with van der Waals surface area (Å²) >= 11 is 1.62. The van der Waals surface area contributed by atoms with E-state index >= 15 is 0 Å². The molecule has 0 spiro atoms. The van der Waals surface area contributed by atoms with Crippen LogP contribution in [-0.4, -0.2) is 62.6 Å². The van der Waals surface area contributed by atoms with E-state index in [2.05, 4.69) is 0 Å². The molecule has 0 radical (unpaired) electrons. The van der Waals surface area contributed by atoms with E-state index in [1.165, 1.54) is 0 Å². The minimum atomic E-state index is 0. The third kappa shape index (κ3) is 5.06. The minimum absolute atomic E-state index is 0. The van der Waals surface area contributed by atoms with Gasteiger partial charge in [-0.15, -0.1) is 36.2 Å². The van der Waals surface area contributed by atoms with E-state index in [9.17, 15) is 9.59 Å². The van der Waals surface area contributed by atoms with Gasteiger partial charge in [0.15, 0.2) is 11.6 Å². The first-order valence-corrected chi connectivity index (χ1v) is 8.99. The molecule has 27 heavy (non-hydrogen) atoms. The summed E-state index contributed by atoms with van der Waals surface area (Å²) in [6, 6.07) is 11.7. The standard InChI is InChI=1S/C20H22N2O2S.2ClH/c1-21(2)11-17(23)13-8-9-19-16(10-13)14-6-5-7-15(20(14)25-19)18(24)12-22(3)4;;/h5-10H,11-12H2,1-4H3;2*1H. The van der Waals surface area contributed by atoms with E-state index in [1.807, 2.05) is 74.4 Å². The van der Waals surface area contributed by atoms with Crippen molar-refractivity contribution in [2.75, 3.05) is 41.3 Å². The monoisotopic (exact) mass is 426 g/mol. The second-order valence-electron chi connectivity index (χ2n) is 6.82. The van der Waals surface area contributed by atoms with E-state index in [1.54, 1.807) is 11.3 Å². The van der Waals surface area contributed by atoms with Gasteiger partial charge in [0, 0.05) is 31.3 Å². The molecule has 0 N–H and O–H groups in total. The van der Waals surface area contributed by atoms with Gasteiger partial charge < -0.3 is 9.80 Å². The highest BCUT2D eigenvalue weighted by molar-refractivity contribution is 7.26. The molecular weight excluding hydrogens is 403 g/mol. The molecule has 7 heteroatoms. The molecule has 1 aromatic heterocycles. The zero-order valence-electron chi connectivity index (χ0n) is 15.8. The van der Waals surface area contributed by atoms with Crippen molar-refractivity contribution in [3.05, 3.63) is 47.5 Å². The number of likely N-dealkylation sites (N-methyl/N-ethyl adjacent to an activating group) is 2. The Morgan fingerprint density at radius 2 is 1.48 bits per heavy atom. The van der Waals surface area contributed by atoms with Crippen LogP contribution in [0.3, 0.4) is 0 Å². The first-order valence-electron chi connectivity index (χ1n) is 8.18. The van der Waals surface area contributed by atoms with Crippen LogP contribution in [0, 0.1) is 0 Å². The van der Waals surface area contributed by atoms with E-state index < -0.39 is 0 Å². The van der Waals surface area contributed by atoms with Crippen molar-refractivity contribution in [3.63, 3.8) is 0 Å². The maximum absolute atomic E-state index is 12.5. The third-order valence-corrected chi connectivity index (χ3v) is 5.26. The van der Waals surface area contributed by atoms with E-state index in [0.717, 1.165) is 25.7 Å². The summed E-state index contributed by atoms with van der Waals surface area (Å²) in [6.45, 7) is 0.778. The fourth-order valence-corrected chi connectivity index (χ4v) is 4.16. The van der Waals surface area contributed by atoms with Gasteiger partial charge in [0.1, 0.15) is 0 Å². The van der Waals surface area contributed by atoms with Crippen LogP contribution in [0.15, 0.2) is 36.4 Å². The summed E-state index contributed by atoms with van der Waals surface area (Å²) in [4.78, 5) is 28.7. The molecule has 0 aliphatic rings. The fraction of sp³-hybridized carbons (Fsp3) is 0.300. The SMILES string of the molecule is CN(C)CC(=O)c1ccc2sc3c(C(=O)CN(C)C)cccc3c2c1.Cl.Cl. The zero-order chi connectivity index (χ0) is 18.1. The van der Waals surface area contributed by atoms with Crippen LogP contribution in [0.1, 0.15) is 20.7 Å². The Bertz CT molecular complexity index is 967. The number of nitrogens with zero attached hydrogens (tertiary/aromatic N) is 2. The van der Waals surface area contributed by atoms with Gasteiger partial charge >= 0.3 is 0 Å². The maximum atomic E-state index is 12.5. The lowest BCUT2D eigenvalue weighted by Gasteiger charge is -2.09. The van der Waals surface area contributed by atoms with E-state index in [-0.39, 0.29) is 36.4 Å². The molecule has 0 saturated carbocycles. The molecule has 0 fully saturated rings. The predicted octanol–water partition coefficient (Wildman–Crippen LogP) is 4.39. The smallest absolute Gasteiger partial charge is 0.178 e. The summed E-state index contributed by atoms with van der Waals surface area (Å²) in [5, 5.41) is 2.09. The number of carbonyl (C=O) groups is 2. The van der Waals surface area contributed by atoms with Gasteiger partial charge in [0.25, 0.3) is 0 Å². The van der Waals surface area contributed by atoms with Crippen LogP contribution in [0.4, 0.5) is 0 Å². The number of fused-ring (bicyclic) bond motifs is 3. The van der Waals surface area contributed by atoms with Crippen molar-refractivity contribution < 1.29 is 9.59 Å². The summed E-state index contributed by atoms with van der Waals surface area (Å²) in [5.74, 6) is 0.220. The first-order chi connectivity index (χ1) is 11.9. The first kappa shape index (κ1) is 23.5. The zero-order valence-corrected chi connectivity index (χ0v) is 18.3. The largest absolute Gasteiger partial charge is 0.302 e. The van der Waals surface area contributed by atoms with Crippen molar-refractivity contribution in [2.24, 2.45) is 0 Å². The number of thiophene rings is 1. The molecule has 0 bridgehead atoms. The van der Waals surface area contributed by atoms with Crippen molar-refractivity contribution >= 4 is 67.9 Å². The Morgan fingerprint density at radius 3 is 2.11 bits per heavy atom. The Hall–Kier alpha value is -1.50. The van der Waals surface area contributed by atoms with Crippen LogP contribution in [0.2, 0.25) is 0 Å². The van der Waals surface area contributed by atoms with Gasteiger partial charge in [-0.05, 0) is 52.5 Å². The van der Waals surface area contributed by atoms with Gasteiger partial charge in [0.05, 0.1) is 13.1 Å². The van der Waals surface area contributed by atoms with Gasteiger partial charge in [-0.25, -0.2) is 0 Å². The van der Waals surface area contributed by atoms with Crippen molar-refractivity contribution in [1.29, 1.82) is 0 Å². The van der Waals surface area contributed by atoms with Gasteiger partial charge in [-0.2, -0.15) is 0 Å². The van der Waals surface area contributed by atoms with Crippen molar-refractivity contribution in [2.45, 2.75) is 0 Å². The Balaban J connectivity index is 0.00000182.